The topological polar surface area (TPSA) is 21.3 Å². The van der Waals surface area contributed by atoms with Crippen LogP contribution in [0.3, 0.4) is 0 Å². The molecule has 1 saturated heterocycles. The molecule has 2 atom stereocenters. The molecule has 3 heteroatoms. The molecule has 0 spiro atoms. The third-order valence-electron chi connectivity index (χ3n) is 2.90. The lowest BCUT2D eigenvalue weighted by Gasteiger charge is -2.19. The van der Waals surface area contributed by atoms with Crippen LogP contribution in [0, 0.1) is 0 Å². The molecule has 2 rings (SSSR count). The lowest BCUT2D eigenvalue weighted by atomic mass is 10.1. The molecule has 1 aromatic carbocycles. The van der Waals surface area contributed by atoms with Gasteiger partial charge < -0.3 is 10.1 Å². The Balaban J connectivity index is 2.07. The molecule has 16 heavy (non-hydrogen) atoms. The maximum atomic E-state index is 5.57. The highest BCUT2D eigenvalue weighted by atomic mass is 32.2. The van der Waals surface area contributed by atoms with Crippen molar-refractivity contribution in [3.05, 3.63) is 24.3 Å². The normalized spacial score (nSPS) is 24.6. The number of para-hydroxylation sites is 1. The number of hydrogen-bond acceptors (Lipinski definition) is 3. The highest BCUT2D eigenvalue weighted by Gasteiger charge is 2.24. The van der Waals surface area contributed by atoms with Crippen LogP contribution in [0.25, 0.3) is 0 Å². The van der Waals surface area contributed by atoms with E-state index in [9.17, 15) is 0 Å². The molecule has 1 aromatic rings. The summed E-state index contributed by atoms with van der Waals surface area (Å²) in [7, 11) is 0. The molecular weight excluding hydrogens is 218 g/mol. The minimum Gasteiger partial charge on any atom is -0.379 e. The van der Waals surface area contributed by atoms with Crippen molar-refractivity contribution in [2.45, 2.75) is 37.3 Å². The first-order valence-corrected chi connectivity index (χ1v) is 6.89. The maximum Gasteiger partial charge on any atom is 0.0748 e. The Morgan fingerprint density at radius 2 is 2.25 bits per heavy atom. The second-order valence-electron chi connectivity index (χ2n) is 4.04. The summed E-state index contributed by atoms with van der Waals surface area (Å²) in [5.41, 5.74) is 1.25. The first-order valence-electron chi connectivity index (χ1n) is 5.91. The van der Waals surface area contributed by atoms with E-state index in [4.69, 9.17) is 4.74 Å². The largest absolute Gasteiger partial charge is 0.379 e. The SMILES string of the molecule is CCSc1ccccc1NC1CCOC1C. The van der Waals surface area contributed by atoms with E-state index < -0.39 is 0 Å². The highest BCUT2D eigenvalue weighted by molar-refractivity contribution is 7.99. The number of benzene rings is 1. The molecular formula is C13H19NOS. The molecule has 2 unspecified atom stereocenters. The van der Waals surface area contributed by atoms with Crippen molar-refractivity contribution in [2.24, 2.45) is 0 Å². The molecule has 0 amide bonds. The van der Waals surface area contributed by atoms with E-state index in [1.54, 1.807) is 0 Å². The number of ether oxygens (including phenoxy) is 1. The lowest BCUT2D eigenvalue weighted by molar-refractivity contribution is 0.121. The molecule has 1 fully saturated rings. The first kappa shape index (κ1) is 11.8. The average Bonchev–Trinajstić information content (AvgIpc) is 2.68. The molecule has 1 N–H and O–H groups in total. The standard InChI is InChI=1S/C13H19NOS/c1-3-16-13-7-5-4-6-12(13)14-11-8-9-15-10(11)2/h4-7,10-11,14H,3,8-9H2,1-2H3. The predicted molar refractivity (Wildman–Crippen MR) is 70.3 cm³/mol. The van der Waals surface area contributed by atoms with Crippen molar-refractivity contribution in [1.29, 1.82) is 0 Å². The van der Waals surface area contributed by atoms with E-state index in [2.05, 4.69) is 43.4 Å². The van der Waals surface area contributed by atoms with Gasteiger partial charge in [0, 0.05) is 17.2 Å². The van der Waals surface area contributed by atoms with Crippen molar-refractivity contribution in [3.8, 4) is 0 Å². The summed E-state index contributed by atoms with van der Waals surface area (Å²) in [6, 6.07) is 8.97. The monoisotopic (exact) mass is 237 g/mol. The van der Waals surface area contributed by atoms with Gasteiger partial charge in [-0.05, 0) is 31.2 Å². The second-order valence-corrected chi connectivity index (χ2v) is 5.35. The van der Waals surface area contributed by atoms with Crippen LogP contribution < -0.4 is 5.32 Å². The number of nitrogens with one attached hydrogen (secondary N) is 1. The molecule has 1 aliphatic rings. The highest BCUT2D eigenvalue weighted by Crippen LogP contribution is 2.29. The summed E-state index contributed by atoms with van der Waals surface area (Å²) < 4.78 is 5.57. The van der Waals surface area contributed by atoms with Gasteiger partial charge in [0.15, 0.2) is 0 Å². The van der Waals surface area contributed by atoms with Crippen LogP contribution >= 0.6 is 11.8 Å². The van der Waals surface area contributed by atoms with Gasteiger partial charge in [0.1, 0.15) is 0 Å². The number of thioether (sulfide) groups is 1. The molecule has 1 heterocycles. The molecule has 0 aromatic heterocycles. The predicted octanol–water partition coefficient (Wildman–Crippen LogP) is 3.39. The van der Waals surface area contributed by atoms with Gasteiger partial charge in [0.2, 0.25) is 0 Å². The number of anilines is 1. The zero-order valence-corrected chi connectivity index (χ0v) is 10.7. The second kappa shape index (κ2) is 5.60. The lowest BCUT2D eigenvalue weighted by Crippen LogP contribution is -2.26. The van der Waals surface area contributed by atoms with Crippen molar-refractivity contribution >= 4 is 17.4 Å². The van der Waals surface area contributed by atoms with E-state index >= 15 is 0 Å². The zero-order valence-electron chi connectivity index (χ0n) is 9.90. The molecule has 0 saturated carbocycles. The van der Waals surface area contributed by atoms with Gasteiger partial charge >= 0.3 is 0 Å². The molecule has 0 bridgehead atoms. The molecule has 2 nitrogen and oxygen atoms in total. The van der Waals surface area contributed by atoms with E-state index in [1.165, 1.54) is 10.6 Å². The van der Waals surface area contributed by atoms with Crippen molar-refractivity contribution < 1.29 is 4.74 Å². The average molecular weight is 237 g/mol. The van der Waals surface area contributed by atoms with Gasteiger partial charge in [-0.3, -0.25) is 0 Å². The minimum atomic E-state index is 0.319. The van der Waals surface area contributed by atoms with E-state index in [1.807, 2.05) is 11.8 Å². The summed E-state index contributed by atoms with van der Waals surface area (Å²) in [6.07, 6.45) is 1.42. The van der Waals surface area contributed by atoms with Crippen LogP contribution in [0.15, 0.2) is 29.2 Å². The number of rotatable bonds is 4. The summed E-state index contributed by atoms with van der Waals surface area (Å²) in [5, 5.41) is 3.60. The van der Waals surface area contributed by atoms with E-state index in [0.717, 1.165) is 18.8 Å². The van der Waals surface area contributed by atoms with Gasteiger partial charge in [-0.1, -0.05) is 19.1 Å². The fourth-order valence-electron chi connectivity index (χ4n) is 1.99. The summed E-state index contributed by atoms with van der Waals surface area (Å²) >= 11 is 1.88. The van der Waals surface area contributed by atoms with Crippen LogP contribution in [0.1, 0.15) is 20.3 Å². The Morgan fingerprint density at radius 1 is 1.44 bits per heavy atom. The Labute approximate surface area is 102 Å². The maximum absolute atomic E-state index is 5.57. The van der Waals surface area contributed by atoms with Crippen molar-refractivity contribution in [1.82, 2.24) is 0 Å². The first-order chi connectivity index (χ1) is 7.81. The van der Waals surface area contributed by atoms with E-state index in [-0.39, 0.29) is 0 Å². The zero-order chi connectivity index (χ0) is 11.4. The third kappa shape index (κ3) is 2.71. The summed E-state index contributed by atoms with van der Waals surface area (Å²) in [4.78, 5) is 1.34. The van der Waals surface area contributed by atoms with Crippen LogP contribution in [0.4, 0.5) is 5.69 Å². The molecule has 0 radical (unpaired) electrons. The Kier molecular flexibility index (Phi) is 4.13. The fourth-order valence-corrected chi connectivity index (χ4v) is 2.76. The van der Waals surface area contributed by atoms with Gasteiger partial charge in [0.05, 0.1) is 12.1 Å². The quantitative estimate of drug-likeness (QED) is 0.811. The molecule has 1 aliphatic heterocycles. The van der Waals surface area contributed by atoms with Crippen LogP contribution in [-0.2, 0) is 4.74 Å². The molecule has 88 valence electrons. The Morgan fingerprint density at radius 3 is 2.94 bits per heavy atom. The van der Waals surface area contributed by atoms with Crippen molar-refractivity contribution in [3.63, 3.8) is 0 Å². The minimum absolute atomic E-state index is 0.319. The van der Waals surface area contributed by atoms with Crippen molar-refractivity contribution in [2.75, 3.05) is 17.7 Å². The van der Waals surface area contributed by atoms with Gasteiger partial charge in [-0.2, -0.15) is 0 Å². The van der Waals surface area contributed by atoms with Crippen LogP contribution in [0.5, 0.6) is 0 Å². The Hall–Kier alpha value is -0.670. The third-order valence-corrected chi connectivity index (χ3v) is 3.86. The Bertz CT molecular complexity index is 342. The molecule has 0 aliphatic carbocycles. The van der Waals surface area contributed by atoms with Gasteiger partial charge in [0.25, 0.3) is 0 Å². The fraction of sp³-hybridized carbons (Fsp3) is 0.538. The summed E-state index contributed by atoms with van der Waals surface area (Å²) in [6.45, 7) is 5.20. The van der Waals surface area contributed by atoms with Crippen LogP contribution in [0.2, 0.25) is 0 Å². The van der Waals surface area contributed by atoms with E-state index in [0.29, 0.717) is 12.1 Å². The number of hydrogen-bond donors (Lipinski definition) is 1. The van der Waals surface area contributed by atoms with Gasteiger partial charge in [-0.15, -0.1) is 11.8 Å². The van der Waals surface area contributed by atoms with Gasteiger partial charge in [-0.25, -0.2) is 0 Å². The smallest absolute Gasteiger partial charge is 0.0748 e. The van der Waals surface area contributed by atoms with Crippen LogP contribution in [-0.4, -0.2) is 24.5 Å². The summed E-state index contributed by atoms with van der Waals surface area (Å²) in [5.74, 6) is 1.11.